The summed E-state index contributed by atoms with van der Waals surface area (Å²) < 4.78 is 0. The van der Waals surface area contributed by atoms with Gasteiger partial charge in [-0.05, 0) is 123 Å². The fourth-order valence-electron chi connectivity index (χ4n) is 6.50. The number of rotatable bonds is 0. The Kier molecular flexibility index (Phi) is 6.21. The first-order valence-electron chi connectivity index (χ1n) is 9.92. The molecule has 4 atom stereocenters. The van der Waals surface area contributed by atoms with Gasteiger partial charge in [-0.2, -0.15) is 0 Å². The number of halogens is 2. The van der Waals surface area contributed by atoms with Gasteiger partial charge in [0.05, 0.1) is 0 Å². The zero-order chi connectivity index (χ0) is 18.5. The molecular formula is C23H28Cl2Ti. The molecule has 6 aliphatic rings. The van der Waals surface area contributed by atoms with Crippen LogP contribution in [0.2, 0.25) is 0 Å². The van der Waals surface area contributed by atoms with Gasteiger partial charge < -0.3 is 0 Å². The van der Waals surface area contributed by atoms with Gasteiger partial charge in [0.15, 0.2) is 0 Å². The van der Waals surface area contributed by atoms with Gasteiger partial charge in [0.1, 0.15) is 0 Å². The minimum atomic E-state index is -0.556. The second kappa shape index (κ2) is 7.85. The van der Waals surface area contributed by atoms with E-state index in [4.69, 9.17) is 18.6 Å². The monoisotopic (exact) mass is 422 g/mol. The fraction of sp³-hybridized carbons (Fsp3) is 0.565. The molecule has 0 aromatic rings. The molecule has 10 radical (unpaired) electrons. The topological polar surface area (TPSA) is 0 Å². The van der Waals surface area contributed by atoms with Crippen molar-refractivity contribution in [1.29, 1.82) is 0 Å². The molecule has 6 fully saturated rings. The van der Waals surface area contributed by atoms with E-state index in [9.17, 15) is 0 Å². The van der Waals surface area contributed by atoms with Crippen molar-refractivity contribution >= 4 is 18.6 Å². The summed E-state index contributed by atoms with van der Waals surface area (Å²) in [5, 5.41) is 0. The van der Waals surface area contributed by atoms with Crippen LogP contribution in [0.15, 0.2) is 0 Å². The van der Waals surface area contributed by atoms with Gasteiger partial charge >= 0.3 is 35.6 Å². The second-order valence-corrected chi connectivity index (χ2v) is 11.8. The van der Waals surface area contributed by atoms with E-state index in [1.165, 1.54) is 32.1 Å². The van der Waals surface area contributed by atoms with E-state index in [2.05, 4.69) is 59.3 Å². The summed E-state index contributed by atoms with van der Waals surface area (Å²) in [5.74, 6) is 9.40. The van der Waals surface area contributed by atoms with Crippen LogP contribution in [0, 0.1) is 90.8 Å². The molecule has 138 valence electrons. The van der Waals surface area contributed by atoms with E-state index >= 15 is 0 Å². The Morgan fingerprint density at radius 1 is 0.846 bits per heavy atom. The van der Waals surface area contributed by atoms with E-state index in [1.807, 2.05) is 0 Å². The van der Waals surface area contributed by atoms with Crippen molar-refractivity contribution in [3.63, 3.8) is 0 Å². The van der Waals surface area contributed by atoms with Gasteiger partial charge in [-0.1, -0.05) is 20.8 Å². The molecule has 6 aliphatic carbocycles. The normalized spacial score (nSPS) is 42.9. The Morgan fingerprint density at radius 2 is 1.38 bits per heavy atom. The standard InChI is InChI=1S/C13H17.C10H11.2ClH.Ti/c1-12(2)10-7-8-13(12,3)11-6-4-5-9(10)11;1-2-9-7-4-5-8(6-7)10(9)3-1;;;/h4-6,10H,7-8H2,1-3H3;1-3,7-8H,4-6H2;2*1H;/q;;;;+2/p-2. The van der Waals surface area contributed by atoms with Crippen molar-refractivity contribution in [2.24, 2.45) is 28.6 Å². The molecule has 0 aromatic carbocycles. The van der Waals surface area contributed by atoms with Gasteiger partial charge in [0.2, 0.25) is 0 Å². The van der Waals surface area contributed by atoms with Gasteiger partial charge in [-0.15, -0.1) is 0 Å². The van der Waals surface area contributed by atoms with Crippen LogP contribution in [0.3, 0.4) is 0 Å². The summed E-state index contributed by atoms with van der Waals surface area (Å²) in [5.41, 5.74) is 0.968. The van der Waals surface area contributed by atoms with Crippen LogP contribution in [-0.4, -0.2) is 0 Å². The molecule has 6 saturated carbocycles. The van der Waals surface area contributed by atoms with Crippen molar-refractivity contribution in [1.82, 2.24) is 0 Å². The third-order valence-electron chi connectivity index (χ3n) is 8.24. The van der Waals surface area contributed by atoms with Crippen LogP contribution in [0.5, 0.6) is 0 Å². The third kappa shape index (κ3) is 3.11. The molecule has 0 nitrogen and oxygen atoms in total. The Morgan fingerprint density at radius 3 is 1.96 bits per heavy atom. The van der Waals surface area contributed by atoms with E-state index in [1.54, 1.807) is 23.7 Å². The number of hydrogen-bond donors (Lipinski definition) is 0. The quantitative estimate of drug-likeness (QED) is 0.377. The van der Waals surface area contributed by atoms with E-state index in [0.29, 0.717) is 10.8 Å². The first kappa shape index (κ1) is 20.6. The molecule has 0 N–H and O–H groups in total. The van der Waals surface area contributed by atoms with Gasteiger partial charge in [0.25, 0.3) is 0 Å². The van der Waals surface area contributed by atoms with Crippen LogP contribution in [0.25, 0.3) is 0 Å². The van der Waals surface area contributed by atoms with Crippen LogP contribution >= 0.6 is 18.6 Å². The molecule has 0 aliphatic heterocycles. The molecule has 0 spiro atoms. The maximum atomic E-state index is 4.89. The third-order valence-corrected chi connectivity index (χ3v) is 8.24. The predicted molar refractivity (Wildman–Crippen MR) is 106 cm³/mol. The van der Waals surface area contributed by atoms with E-state index in [0.717, 1.165) is 17.8 Å². The van der Waals surface area contributed by atoms with Crippen LogP contribution in [0.4, 0.5) is 0 Å². The zero-order valence-electron chi connectivity index (χ0n) is 16.0. The first-order valence-corrected chi connectivity index (χ1v) is 14.2. The Hall–Kier alpha value is 1.29. The van der Waals surface area contributed by atoms with Crippen molar-refractivity contribution in [3.8, 4) is 0 Å². The van der Waals surface area contributed by atoms with Gasteiger partial charge in [-0.25, -0.2) is 0 Å². The second-order valence-electron chi connectivity index (χ2n) is 9.25. The average molecular weight is 423 g/mol. The average Bonchev–Trinajstić information content (AvgIpc) is 3.38. The molecular weight excluding hydrogens is 395 g/mol. The summed E-state index contributed by atoms with van der Waals surface area (Å²) in [6, 6.07) is 0. The molecule has 0 heterocycles. The minimum absolute atomic E-state index is 0.469. The van der Waals surface area contributed by atoms with E-state index < -0.39 is 17.0 Å². The summed E-state index contributed by atoms with van der Waals surface area (Å²) in [7, 11) is 9.78. The Labute approximate surface area is 178 Å². The molecule has 26 heavy (non-hydrogen) atoms. The van der Waals surface area contributed by atoms with Gasteiger partial charge in [0, 0.05) is 0 Å². The Balaban J connectivity index is 0.000000115. The zero-order valence-corrected chi connectivity index (χ0v) is 19.1. The summed E-state index contributed by atoms with van der Waals surface area (Å²) in [6.45, 7) is 7.36. The molecule has 0 aromatic heterocycles. The number of fused-ring (bicyclic) bond motifs is 10. The predicted octanol–water partition coefficient (Wildman–Crippen LogP) is 6.79. The molecule has 0 saturated heterocycles. The maximum absolute atomic E-state index is 4.89. The molecule has 3 heteroatoms. The van der Waals surface area contributed by atoms with Crippen LogP contribution < -0.4 is 0 Å². The molecule has 0 amide bonds. The SMILES string of the molecule is CC12CCC([C]3[CH][CH][CH][C]31)C2(C)C.[CH]1[CH][C]2[C]([CH]1)C1CCC2C1.[Cl][Ti][Cl]. The summed E-state index contributed by atoms with van der Waals surface area (Å²) in [6.07, 6.45) is 20.9. The summed E-state index contributed by atoms with van der Waals surface area (Å²) in [4.78, 5) is 0. The summed E-state index contributed by atoms with van der Waals surface area (Å²) >= 11 is -0.556. The molecule has 4 bridgehead atoms. The fourth-order valence-corrected chi connectivity index (χ4v) is 6.50. The van der Waals surface area contributed by atoms with Crippen molar-refractivity contribution < 1.29 is 17.0 Å². The van der Waals surface area contributed by atoms with Crippen LogP contribution in [0.1, 0.15) is 52.9 Å². The van der Waals surface area contributed by atoms with Crippen LogP contribution in [-0.2, 0) is 17.0 Å². The Bertz CT molecular complexity index is 488. The first-order chi connectivity index (χ1) is 12.4. The molecule has 4 unspecified atom stereocenters. The van der Waals surface area contributed by atoms with Gasteiger partial charge in [-0.3, -0.25) is 0 Å². The van der Waals surface area contributed by atoms with Crippen molar-refractivity contribution in [2.45, 2.75) is 52.9 Å². The van der Waals surface area contributed by atoms with Crippen molar-refractivity contribution in [2.75, 3.05) is 0 Å². The van der Waals surface area contributed by atoms with E-state index in [-0.39, 0.29) is 0 Å². The van der Waals surface area contributed by atoms with Crippen molar-refractivity contribution in [3.05, 3.63) is 62.2 Å². The number of hydrogen-bond acceptors (Lipinski definition) is 0. The molecule has 6 rings (SSSR count).